The quantitative estimate of drug-likeness (QED) is 0.617. The first-order chi connectivity index (χ1) is 8.53. The van der Waals surface area contributed by atoms with Crippen LogP contribution in [0.25, 0.3) is 0 Å². The number of halogens is 2. The fraction of sp³-hybridized carbons (Fsp3) is 0.455. The molecule has 0 saturated heterocycles. The van der Waals surface area contributed by atoms with Crippen LogP contribution in [0.2, 0.25) is 0 Å². The van der Waals surface area contributed by atoms with Crippen LogP contribution < -0.4 is 16.2 Å². The van der Waals surface area contributed by atoms with E-state index in [1.54, 1.807) is 18.7 Å². The number of hydrogen-bond acceptors (Lipinski definition) is 5. The Balaban J connectivity index is 3.09. The molecule has 7 heteroatoms. The molecule has 1 aromatic rings. The van der Waals surface area contributed by atoms with Crippen LogP contribution in [0.1, 0.15) is 13.8 Å². The van der Waals surface area contributed by atoms with Gasteiger partial charge in [0.1, 0.15) is 0 Å². The highest BCUT2D eigenvalue weighted by Gasteiger charge is 2.18. The standard InChI is InChI=1S/C11H15F2N5/c1-3-18(6-7(2)5-14)11-9(13)4-8(12)10(16-11)17-15/h4,7H,3,6,15H2,1-2H3,(H,16,17). The maximum Gasteiger partial charge on any atom is 0.178 e. The fourth-order valence-corrected chi connectivity index (χ4v) is 1.52. The van der Waals surface area contributed by atoms with Crippen molar-refractivity contribution < 1.29 is 8.78 Å². The molecule has 1 unspecified atom stereocenters. The van der Waals surface area contributed by atoms with Gasteiger partial charge in [-0.1, -0.05) is 0 Å². The van der Waals surface area contributed by atoms with Gasteiger partial charge in [0.25, 0.3) is 0 Å². The lowest BCUT2D eigenvalue weighted by atomic mass is 10.2. The van der Waals surface area contributed by atoms with E-state index in [4.69, 9.17) is 11.1 Å². The molecule has 3 N–H and O–H groups in total. The van der Waals surface area contributed by atoms with Crippen LogP contribution in [0.15, 0.2) is 6.07 Å². The third-order valence-electron chi connectivity index (χ3n) is 2.44. The van der Waals surface area contributed by atoms with E-state index in [1.165, 1.54) is 0 Å². The van der Waals surface area contributed by atoms with Gasteiger partial charge in [0, 0.05) is 19.2 Å². The smallest absolute Gasteiger partial charge is 0.178 e. The van der Waals surface area contributed by atoms with E-state index in [1.807, 2.05) is 0 Å². The molecule has 1 atom stereocenters. The summed E-state index contributed by atoms with van der Waals surface area (Å²) >= 11 is 0. The molecule has 0 radical (unpaired) electrons. The summed E-state index contributed by atoms with van der Waals surface area (Å²) in [7, 11) is 0. The Morgan fingerprint density at radius 3 is 2.72 bits per heavy atom. The molecule has 0 aliphatic carbocycles. The van der Waals surface area contributed by atoms with Crippen molar-refractivity contribution >= 4 is 11.6 Å². The van der Waals surface area contributed by atoms with Gasteiger partial charge in [-0.25, -0.2) is 19.6 Å². The molecule has 0 bridgehead atoms. The van der Waals surface area contributed by atoms with E-state index in [0.717, 1.165) is 6.07 Å². The highest BCUT2D eigenvalue weighted by atomic mass is 19.1. The summed E-state index contributed by atoms with van der Waals surface area (Å²) in [6.07, 6.45) is 0. The Hall–Kier alpha value is -1.94. The molecule has 1 heterocycles. The van der Waals surface area contributed by atoms with Crippen molar-refractivity contribution in [1.82, 2.24) is 4.98 Å². The normalized spacial score (nSPS) is 11.8. The van der Waals surface area contributed by atoms with Gasteiger partial charge >= 0.3 is 0 Å². The van der Waals surface area contributed by atoms with Gasteiger partial charge in [-0.15, -0.1) is 0 Å². The van der Waals surface area contributed by atoms with Gasteiger partial charge in [-0.05, 0) is 13.8 Å². The van der Waals surface area contributed by atoms with Crippen LogP contribution in [0.4, 0.5) is 20.4 Å². The average molecular weight is 255 g/mol. The van der Waals surface area contributed by atoms with Crippen LogP contribution in [0, 0.1) is 28.9 Å². The molecular weight excluding hydrogens is 240 g/mol. The predicted octanol–water partition coefficient (Wildman–Crippen LogP) is 1.63. The SMILES string of the molecule is CCN(CC(C)C#N)c1nc(NN)c(F)cc1F. The molecule has 0 aromatic carbocycles. The van der Waals surface area contributed by atoms with Gasteiger partial charge in [0.15, 0.2) is 23.3 Å². The minimum absolute atomic E-state index is 0.0195. The second-order valence-corrected chi connectivity index (χ2v) is 3.84. The molecule has 5 nitrogen and oxygen atoms in total. The van der Waals surface area contributed by atoms with Gasteiger partial charge in [0.05, 0.1) is 12.0 Å². The van der Waals surface area contributed by atoms with Crippen molar-refractivity contribution in [1.29, 1.82) is 5.26 Å². The number of rotatable bonds is 5. The Kier molecular flexibility index (Phi) is 4.80. The maximum atomic E-state index is 13.7. The highest BCUT2D eigenvalue weighted by Crippen LogP contribution is 2.22. The molecule has 0 amide bonds. The Bertz CT molecular complexity index is 457. The summed E-state index contributed by atoms with van der Waals surface area (Å²) in [6.45, 7) is 4.27. The van der Waals surface area contributed by atoms with Crippen LogP contribution in [0.3, 0.4) is 0 Å². The molecule has 0 saturated carbocycles. The maximum absolute atomic E-state index is 13.7. The molecule has 0 spiro atoms. The summed E-state index contributed by atoms with van der Waals surface area (Å²) in [4.78, 5) is 5.34. The molecule has 0 aliphatic heterocycles. The van der Waals surface area contributed by atoms with E-state index in [2.05, 4.69) is 16.5 Å². The van der Waals surface area contributed by atoms with Crippen molar-refractivity contribution in [3.8, 4) is 6.07 Å². The first kappa shape index (κ1) is 14.1. The van der Waals surface area contributed by atoms with Gasteiger partial charge in [-0.3, -0.25) is 0 Å². The molecule has 0 aliphatic rings. The second-order valence-electron chi connectivity index (χ2n) is 3.84. The number of nitrogen functional groups attached to an aromatic ring is 1. The third kappa shape index (κ3) is 3.05. The average Bonchev–Trinajstić information content (AvgIpc) is 2.36. The van der Waals surface area contributed by atoms with Crippen molar-refractivity contribution in [3.63, 3.8) is 0 Å². The Morgan fingerprint density at radius 2 is 2.22 bits per heavy atom. The summed E-state index contributed by atoms with van der Waals surface area (Å²) in [6, 6.07) is 2.77. The summed E-state index contributed by atoms with van der Waals surface area (Å²) in [5.41, 5.74) is 2.06. The molecule has 0 fully saturated rings. The van der Waals surface area contributed by atoms with E-state index in [0.29, 0.717) is 13.1 Å². The van der Waals surface area contributed by atoms with Crippen LogP contribution in [-0.2, 0) is 0 Å². The molecule has 1 aromatic heterocycles. The fourth-order valence-electron chi connectivity index (χ4n) is 1.52. The minimum Gasteiger partial charge on any atom is -0.353 e. The number of aromatic nitrogens is 1. The van der Waals surface area contributed by atoms with E-state index >= 15 is 0 Å². The summed E-state index contributed by atoms with van der Waals surface area (Å²) in [5.74, 6) is 2.92. The third-order valence-corrected chi connectivity index (χ3v) is 2.44. The van der Waals surface area contributed by atoms with Gasteiger partial charge < -0.3 is 10.3 Å². The lowest BCUT2D eigenvalue weighted by Gasteiger charge is -2.23. The number of hydrazine groups is 1. The monoisotopic (exact) mass is 255 g/mol. The zero-order valence-corrected chi connectivity index (χ0v) is 10.2. The Morgan fingerprint density at radius 1 is 1.56 bits per heavy atom. The number of anilines is 2. The number of pyridine rings is 1. The largest absolute Gasteiger partial charge is 0.353 e. The van der Waals surface area contributed by atoms with Crippen molar-refractivity contribution in [2.24, 2.45) is 11.8 Å². The number of nitrogens with zero attached hydrogens (tertiary/aromatic N) is 3. The van der Waals surface area contributed by atoms with Gasteiger partial charge in [-0.2, -0.15) is 5.26 Å². The molecule has 98 valence electrons. The lowest BCUT2D eigenvalue weighted by Crippen LogP contribution is -2.30. The second kappa shape index (κ2) is 6.12. The van der Waals surface area contributed by atoms with E-state index in [9.17, 15) is 8.78 Å². The minimum atomic E-state index is -0.858. The number of nitrogens with one attached hydrogen (secondary N) is 1. The number of nitriles is 1. The van der Waals surface area contributed by atoms with E-state index < -0.39 is 11.6 Å². The van der Waals surface area contributed by atoms with Crippen molar-refractivity contribution in [2.75, 3.05) is 23.4 Å². The lowest BCUT2D eigenvalue weighted by molar-refractivity contribution is 0.564. The molecule has 18 heavy (non-hydrogen) atoms. The summed E-state index contributed by atoms with van der Waals surface area (Å²) < 4.78 is 26.9. The zero-order valence-electron chi connectivity index (χ0n) is 10.2. The predicted molar refractivity (Wildman–Crippen MR) is 64.6 cm³/mol. The number of hydrogen-bond donors (Lipinski definition) is 2. The van der Waals surface area contributed by atoms with Crippen molar-refractivity contribution in [3.05, 3.63) is 17.7 Å². The van der Waals surface area contributed by atoms with Crippen LogP contribution in [0.5, 0.6) is 0 Å². The topological polar surface area (TPSA) is 78.0 Å². The molecular formula is C11H15F2N5. The summed E-state index contributed by atoms with van der Waals surface area (Å²) in [5, 5.41) is 8.76. The first-order valence-corrected chi connectivity index (χ1v) is 5.50. The first-order valence-electron chi connectivity index (χ1n) is 5.50. The highest BCUT2D eigenvalue weighted by molar-refractivity contribution is 5.48. The Labute approximate surface area is 104 Å². The van der Waals surface area contributed by atoms with Crippen LogP contribution >= 0.6 is 0 Å². The van der Waals surface area contributed by atoms with E-state index in [-0.39, 0.29) is 17.6 Å². The van der Waals surface area contributed by atoms with Gasteiger partial charge in [0.2, 0.25) is 0 Å². The van der Waals surface area contributed by atoms with Crippen molar-refractivity contribution in [2.45, 2.75) is 13.8 Å². The number of nitrogens with two attached hydrogens (primary N) is 1. The zero-order chi connectivity index (χ0) is 13.7. The molecule has 1 rings (SSSR count). The van der Waals surface area contributed by atoms with Crippen LogP contribution in [-0.4, -0.2) is 18.1 Å².